The van der Waals surface area contributed by atoms with Crippen LogP contribution in [0.5, 0.6) is 0 Å². The number of likely N-dealkylation sites (tertiary alicyclic amines) is 1. The van der Waals surface area contributed by atoms with Crippen molar-refractivity contribution in [3.8, 4) is 11.3 Å². The highest BCUT2D eigenvalue weighted by Gasteiger charge is 2.38. The average Bonchev–Trinajstić information content (AvgIpc) is 2.95. The zero-order valence-electron chi connectivity index (χ0n) is 15.9. The fraction of sp³-hybridized carbons (Fsp3) is 0.529. The van der Waals surface area contributed by atoms with Gasteiger partial charge in [0.2, 0.25) is 5.95 Å². The molecule has 1 aliphatic rings. The lowest BCUT2D eigenvalue weighted by Gasteiger charge is -2.29. The average molecular weight is 400 g/mol. The van der Waals surface area contributed by atoms with Crippen LogP contribution in [-0.4, -0.2) is 68.1 Å². The molecule has 154 valence electrons. The molecule has 0 spiro atoms. The zero-order valence-corrected chi connectivity index (χ0v) is 15.9. The van der Waals surface area contributed by atoms with E-state index in [1.807, 2.05) is 37.1 Å². The minimum absolute atomic E-state index is 0.464. The second-order valence-corrected chi connectivity index (χ2v) is 6.59. The van der Waals surface area contributed by atoms with Crippen LogP contribution in [-0.2, 0) is 11.8 Å². The first kappa shape index (κ1) is 21.6. The van der Waals surface area contributed by atoms with Crippen LogP contribution in [0.3, 0.4) is 0 Å². The first-order chi connectivity index (χ1) is 13.1. The molecule has 0 aliphatic carbocycles. The molecule has 2 N–H and O–H groups in total. The number of aliphatic carboxylic acids is 1. The van der Waals surface area contributed by atoms with E-state index in [1.54, 1.807) is 0 Å². The van der Waals surface area contributed by atoms with E-state index in [4.69, 9.17) is 9.90 Å². The molecule has 11 heteroatoms. The molecule has 28 heavy (non-hydrogen) atoms. The maximum Gasteiger partial charge on any atom is 0.490 e. The fourth-order valence-corrected chi connectivity index (χ4v) is 2.76. The number of anilines is 1. The van der Waals surface area contributed by atoms with Crippen LogP contribution in [0.1, 0.15) is 18.5 Å². The molecule has 2 aromatic rings. The normalized spacial score (nSPS) is 15.6. The molecule has 0 saturated carbocycles. The van der Waals surface area contributed by atoms with Crippen molar-refractivity contribution in [1.82, 2.24) is 24.6 Å². The van der Waals surface area contributed by atoms with Crippen LogP contribution in [0, 0.1) is 6.92 Å². The molecule has 0 aromatic carbocycles. The summed E-state index contributed by atoms with van der Waals surface area (Å²) < 4.78 is 33.6. The van der Waals surface area contributed by atoms with Gasteiger partial charge in [-0.25, -0.2) is 14.8 Å². The van der Waals surface area contributed by atoms with E-state index in [-0.39, 0.29) is 0 Å². The van der Waals surface area contributed by atoms with E-state index >= 15 is 0 Å². The fourth-order valence-electron chi connectivity index (χ4n) is 2.76. The van der Waals surface area contributed by atoms with Gasteiger partial charge in [-0.1, -0.05) is 0 Å². The van der Waals surface area contributed by atoms with Crippen molar-refractivity contribution in [2.24, 2.45) is 7.05 Å². The summed E-state index contributed by atoms with van der Waals surface area (Å²) in [7, 11) is 4.09. The Hall–Kier alpha value is -2.69. The van der Waals surface area contributed by atoms with Gasteiger partial charge in [0.1, 0.15) is 0 Å². The van der Waals surface area contributed by atoms with Gasteiger partial charge in [-0.05, 0) is 46.0 Å². The van der Waals surface area contributed by atoms with Crippen molar-refractivity contribution in [3.05, 3.63) is 24.2 Å². The van der Waals surface area contributed by atoms with Gasteiger partial charge in [0.05, 0.1) is 11.4 Å². The molecule has 1 saturated heterocycles. The third kappa shape index (κ3) is 6.19. The highest BCUT2D eigenvalue weighted by molar-refractivity contribution is 5.73. The molecule has 0 unspecified atom stereocenters. The molecule has 2 aromatic heterocycles. The maximum atomic E-state index is 10.6. The van der Waals surface area contributed by atoms with Crippen molar-refractivity contribution in [1.29, 1.82) is 0 Å². The van der Waals surface area contributed by atoms with Crippen molar-refractivity contribution < 1.29 is 23.1 Å². The van der Waals surface area contributed by atoms with Gasteiger partial charge in [-0.3, -0.25) is 4.68 Å². The maximum absolute atomic E-state index is 10.6. The second-order valence-electron chi connectivity index (χ2n) is 6.59. The molecule has 0 bridgehead atoms. The Labute approximate surface area is 160 Å². The number of aromatic nitrogens is 4. The van der Waals surface area contributed by atoms with Crippen LogP contribution in [0.25, 0.3) is 11.3 Å². The Morgan fingerprint density at radius 1 is 1.29 bits per heavy atom. The quantitative estimate of drug-likeness (QED) is 0.816. The molecule has 3 heterocycles. The summed E-state index contributed by atoms with van der Waals surface area (Å²) in [5.41, 5.74) is 2.97. The second kappa shape index (κ2) is 9.00. The van der Waals surface area contributed by atoms with E-state index in [0.29, 0.717) is 12.0 Å². The highest BCUT2D eigenvalue weighted by Crippen LogP contribution is 2.21. The summed E-state index contributed by atoms with van der Waals surface area (Å²) in [5.74, 6) is -2.04. The van der Waals surface area contributed by atoms with Crippen molar-refractivity contribution in [2.75, 3.05) is 25.5 Å². The molecular weight excluding hydrogens is 377 g/mol. The van der Waals surface area contributed by atoms with Crippen LogP contribution in [0.15, 0.2) is 18.5 Å². The predicted octanol–water partition coefficient (Wildman–Crippen LogP) is 2.32. The van der Waals surface area contributed by atoms with E-state index in [1.165, 1.54) is 0 Å². The number of carboxylic acid groups (broad SMARTS) is 1. The van der Waals surface area contributed by atoms with E-state index in [2.05, 4.69) is 32.3 Å². The van der Waals surface area contributed by atoms with Crippen LogP contribution in [0.4, 0.5) is 19.1 Å². The van der Waals surface area contributed by atoms with Crippen molar-refractivity contribution >= 4 is 11.9 Å². The van der Waals surface area contributed by atoms with E-state index in [0.717, 1.165) is 42.9 Å². The predicted molar refractivity (Wildman–Crippen MR) is 96.8 cm³/mol. The lowest BCUT2D eigenvalue weighted by Crippen LogP contribution is -2.37. The summed E-state index contributed by atoms with van der Waals surface area (Å²) in [4.78, 5) is 20.2. The number of carboxylic acids is 1. The number of nitrogens with one attached hydrogen (secondary N) is 1. The number of rotatable bonds is 3. The van der Waals surface area contributed by atoms with Gasteiger partial charge >= 0.3 is 12.1 Å². The third-order valence-corrected chi connectivity index (χ3v) is 4.24. The first-order valence-electron chi connectivity index (χ1n) is 8.65. The van der Waals surface area contributed by atoms with E-state index < -0.39 is 12.1 Å². The van der Waals surface area contributed by atoms with Crippen LogP contribution < -0.4 is 5.32 Å². The lowest BCUT2D eigenvalue weighted by atomic mass is 10.1. The van der Waals surface area contributed by atoms with Crippen molar-refractivity contribution in [3.63, 3.8) is 0 Å². The van der Waals surface area contributed by atoms with Crippen molar-refractivity contribution in [2.45, 2.75) is 32.0 Å². The molecule has 8 nitrogen and oxygen atoms in total. The minimum Gasteiger partial charge on any atom is -0.475 e. The Kier molecular flexibility index (Phi) is 6.95. The van der Waals surface area contributed by atoms with Gasteiger partial charge in [0, 0.05) is 31.0 Å². The largest absolute Gasteiger partial charge is 0.490 e. The smallest absolute Gasteiger partial charge is 0.475 e. The molecule has 3 rings (SSSR count). The Balaban J connectivity index is 0.000000345. The number of hydrogen-bond acceptors (Lipinski definition) is 6. The lowest BCUT2D eigenvalue weighted by molar-refractivity contribution is -0.192. The monoisotopic (exact) mass is 400 g/mol. The summed E-state index contributed by atoms with van der Waals surface area (Å²) in [6.45, 7) is 4.25. The number of aryl methyl sites for hydroxylation is 2. The van der Waals surface area contributed by atoms with Gasteiger partial charge in [-0.15, -0.1) is 0 Å². The third-order valence-electron chi connectivity index (χ3n) is 4.24. The van der Waals surface area contributed by atoms with Gasteiger partial charge < -0.3 is 15.3 Å². The number of halogens is 3. The highest BCUT2D eigenvalue weighted by atomic mass is 19.4. The van der Waals surface area contributed by atoms with Crippen LogP contribution in [0.2, 0.25) is 0 Å². The minimum atomic E-state index is -5.08. The summed E-state index contributed by atoms with van der Waals surface area (Å²) in [6.07, 6.45) is 0.995. The molecule has 1 aliphatic heterocycles. The molecule has 0 amide bonds. The Morgan fingerprint density at radius 2 is 1.89 bits per heavy atom. The number of nitrogens with zero attached hydrogens (tertiary/aromatic N) is 5. The summed E-state index contributed by atoms with van der Waals surface area (Å²) in [5, 5.41) is 15.0. The summed E-state index contributed by atoms with van der Waals surface area (Å²) >= 11 is 0. The van der Waals surface area contributed by atoms with Gasteiger partial charge in [0.15, 0.2) is 0 Å². The van der Waals surface area contributed by atoms with Gasteiger partial charge in [-0.2, -0.15) is 18.3 Å². The first-order valence-corrected chi connectivity index (χ1v) is 8.65. The van der Waals surface area contributed by atoms with Gasteiger partial charge in [0.25, 0.3) is 0 Å². The Bertz CT molecular complexity index is 800. The molecular formula is C17H23F3N6O2. The Morgan fingerprint density at radius 3 is 2.39 bits per heavy atom. The SMILES string of the molecule is Cc1nn(C)cc1-c1ccnc(NC2CCN(C)CC2)n1.O=C(O)C(F)(F)F. The molecule has 0 atom stereocenters. The standard InChI is InChI=1S/C15H22N6.C2HF3O2/c1-11-13(10-21(3)19-11)14-4-7-16-15(18-14)17-12-5-8-20(2)9-6-12;3-2(4,5)1(6)7/h4,7,10,12H,5-6,8-9H2,1-3H3,(H,16,17,18);(H,6,7). The topological polar surface area (TPSA) is 96.2 Å². The number of carbonyl (C=O) groups is 1. The van der Waals surface area contributed by atoms with E-state index in [9.17, 15) is 13.2 Å². The molecule has 0 radical (unpaired) electrons. The number of hydrogen-bond donors (Lipinski definition) is 2. The number of alkyl halides is 3. The number of piperidine rings is 1. The summed E-state index contributed by atoms with van der Waals surface area (Å²) in [6, 6.07) is 2.40. The zero-order chi connectivity index (χ0) is 20.9. The van der Waals surface area contributed by atoms with Crippen LogP contribution >= 0.6 is 0 Å². The molecule has 1 fully saturated rings.